The molecule has 3 aliphatic rings. The van der Waals surface area contributed by atoms with Crippen LogP contribution in [0.1, 0.15) is 39.0 Å². The summed E-state index contributed by atoms with van der Waals surface area (Å²) in [6, 6.07) is 0.369. The zero-order chi connectivity index (χ0) is 17.3. The number of carbonyl (C=O) groups excluding carboxylic acids is 2. The van der Waals surface area contributed by atoms with E-state index < -0.39 is 5.97 Å². The molecule has 3 fully saturated rings. The molecule has 0 spiro atoms. The van der Waals surface area contributed by atoms with Crippen LogP contribution in [0.15, 0.2) is 0 Å². The first-order valence-electron chi connectivity index (χ1n) is 9.00. The first-order valence-corrected chi connectivity index (χ1v) is 9.00. The number of carboxylic acid groups (broad SMARTS) is 1. The van der Waals surface area contributed by atoms with E-state index >= 15 is 0 Å². The van der Waals surface area contributed by atoms with Crippen molar-refractivity contribution in [3.8, 4) is 0 Å². The van der Waals surface area contributed by atoms with E-state index in [1.165, 1.54) is 12.8 Å². The van der Waals surface area contributed by atoms with Gasteiger partial charge in [0.15, 0.2) is 0 Å². The number of likely N-dealkylation sites (tertiary alicyclic amines) is 1. The Morgan fingerprint density at radius 1 is 1.33 bits per heavy atom. The molecule has 1 unspecified atom stereocenters. The minimum absolute atomic E-state index is 0.0327. The zero-order valence-electron chi connectivity index (χ0n) is 14.2. The predicted octanol–water partition coefficient (Wildman–Crippen LogP) is 0.299. The molecule has 0 radical (unpaired) electrons. The van der Waals surface area contributed by atoms with Crippen molar-refractivity contribution in [2.24, 2.45) is 11.8 Å². The van der Waals surface area contributed by atoms with E-state index in [-0.39, 0.29) is 36.4 Å². The summed E-state index contributed by atoms with van der Waals surface area (Å²) in [4.78, 5) is 38.8. The number of rotatable bonds is 8. The van der Waals surface area contributed by atoms with Crippen LogP contribution in [0.4, 0.5) is 0 Å². The molecule has 1 atom stereocenters. The molecule has 0 aromatic carbocycles. The quantitative estimate of drug-likeness (QED) is 0.665. The summed E-state index contributed by atoms with van der Waals surface area (Å²) in [5.74, 6) is -0.344. The molecule has 2 aliphatic carbocycles. The molecule has 2 saturated carbocycles. The van der Waals surface area contributed by atoms with Crippen molar-refractivity contribution < 1.29 is 19.5 Å². The fourth-order valence-electron chi connectivity index (χ4n) is 3.72. The number of carbonyl (C=O) groups is 3. The maximum atomic E-state index is 12.3. The topological polar surface area (TPSA) is 90.0 Å². The Bertz CT molecular complexity index is 514. The maximum Gasteiger partial charge on any atom is 0.317 e. The summed E-state index contributed by atoms with van der Waals surface area (Å²) < 4.78 is 0. The predicted molar refractivity (Wildman–Crippen MR) is 87.2 cm³/mol. The first kappa shape index (κ1) is 17.2. The second-order valence-electron chi connectivity index (χ2n) is 7.43. The van der Waals surface area contributed by atoms with Crippen molar-refractivity contribution in [1.82, 2.24) is 15.1 Å². The molecule has 7 heteroatoms. The lowest BCUT2D eigenvalue weighted by atomic mass is 9.84. The van der Waals surface area contributed by atoms with E-state index in [0.29, 0.717) is 25.4 Å². The summed E-state index contributed by atoms with van der Waals surface area (Å²) in [5, 5.41) is 12.1. The van der Waals surface area contributed by atoms with Gasteiger partial charge in [0.25, 0.3) is 0 Å². The van der Waals surface area contributed by atoms with Gasteiger partial charge in [0.2, 0.25) is 11.8 Å². The molecular formula is C17H27N3O4. The number of nitrogens with one attached hydrogen (secondary N) is 1. The Morgan fingerprint density at radius 3 is 2.58 bits per heavy atom. The SMILES string of the molecule is CCN1CC(C(=O)NC2CC(N(CC(=O)O)CC3CC3)C2)CC1=O. The highest BCUT2D eigenvalue weighted by molar-refractivity contribution is 5.89. The molecule has 7 nitrogen and oxygen atoms in total. The van der Waals surface area contributed by atoms with Crippen LogP contribution in [0.25, 0.3) is 0 Å². The molecule has 2 amide bonds. The molecule has 24 heavy (non-hydrogen) atoms. The Balaban J connectivity index is 1.43. The highest BCUT2D eigenvalue weighted by Crippen LogP contribution is 2.34. The molecule has 1 heterocycles. The largest absolute Gasteiger partial charge is 0.480 e. The van der Waals surface area contributed by atoms with Gasteiger partial charge < -0.3 is 15.3 Å². The molecule has 0 aromatic rings. The minimum atomic E-state index is -0.785. The molecule has 3 rings (SSSR count). The van der Waals surface area contributed by atoms with Gasteiger partial charge in [0, 0.05) is 38.1 Å². The first-order chi connectivity index (χ1) is 11.5. The second-order valence-corrected chi connectivity index (χ2v) is 7.43. The van der Waals surface area contributed by atoms with Crippen molar-refractivity contribution in [1.29, 1.82) is 0 Å². The van der Waals surface area contributed by atoms with Gasteiger partial charge in [-0.15, -0.1) is 0 Å². The van der Waals surface area contributed by atoms with Crippen LogP contribution >= 0.6 is 0 Å². The lowest BCUT2D eigenvalue weighted by Gasteiger charge is -2.43. The van der Waals surface area contributed by atoms with Crippen molar-refractivity contribution in [3.05, 3.63) is 0 Å². The van der Waals surface area contributed by atoms with Crippen molar-refractivity contribution >= 4 is 17.8 Å². The number of carboxylic acids is 1. The standard InChI is InChI=1S/C17H27N3O4/c1-2-19-9-12(5-15(19)21)17(24)18-13-6-14(7-13)20(10-16(22)23)8-11-3-4-11/h11-14H,2-10H2,1H3,(H,18,24)(H,22,23). The fraction of sp³-hybridized carbons (Fsp3) is 0.824. The lowest BCUT2D eigenvalue weighted by molar-refractivity contribution is -0.140. The summed E-state index contributed by atoms with van der Waals surface area (Å²) in [6.45, 7) is 4.04. The molecular weight excluding hydrogens is 310 g/mol. The fourth-order valence-corrected chi connectivity index (χ4v) is 3.72. The highest BCUT2D eigenvalue weighted by atomic mass is 16.4. The number of nitrogens with zero attached hydrogens (tertiary/aromatic N) is 2. The molecule has 1 aliphatic heterocycles. The van der Waals surface area contributed by atoms with Crippen LogP contribution in [-0.2, 0) is 14.4 Å². The minimum Gasteiger partial charge on any atom is -0.480 e. The Morgan fingerprint density at radius 2 is 2.04 bits per heavy atom. The highest BCUT2D eigenvalue weighted by Gasteiger charge is 2.40. The van der Waals surface area contributed by atoms with E-state index in [0.717, 1.165) is 19.4 Å². The van der Waals surface area contributed by atoms with E-state index in [4.69, 9.17) is 5.11 Å². The smallest absolute Gasteiger partial charge is 0.317 e. The molecule has 2 N–H and O–H groups in total. The lowest BCUT2D eigenvalue weighted by Crippen LogP contribution is -2.56. The van der Waals surface area contributed by atoms with Crippen LogP contribution < -0.4 is 5.32 Å². The Kier molecular flexibility index (Phi) is 5.08. The molecule has 1 saturated heterocycles. The Labute approximate surface area is 142 Å². The monoisotopic (exact) mass is 337 g/mol. The van der Waals surface area contributed by atoms with Gasteiger partial charge in [-0.2, -0.15) is 0 Å². The van der Waals surface area contributed by atoms with Crippen LogP contribution in [0.3, 0.4) is 0 Å². The van der Waals surface area contributed by atoms with Gasteiger partial charge in [-0.25, -0.2) is 0 Å². The summed E-state index contributed by atoms with van der Waals surface area (Å²) in [7, 11) is 0. The average molecular weight is 337 g/mol. The van der Waals surface area contributed by atoms with Crippen LogP contribution in [-0.4, -0.2) is 71.0 Å². The van der Waals surface area contributed by atoms with Crippen molar-refractivity contribution in [2.45, 2.75) is 51.1 Å². The number of hydrogen-bond donors (Lipinski definition) is 2. The van der Waals surface area contributed by atoms with Gasteiger partial charge in [-0.05, 0) is 38.5 Å². The van der Waals surface area contributed by atoms with E-state index in [1.807, 2.05) is 6.92 Å². The third kappa shape index (κ3) is 4.06. The van der Waals surface area contributed by atoms with E-state index in [2.05, 4.69) is 10.2 Å². The maximum absolute atomic E-state index is 12.3. The Hall–Kier alpha value is -1.63. The van der Waals surface area contributed by atoms with Crippen LogP contribution in [0.2, 0.25) is 0 Å². The normalized spacial score (nSPS) is 29.7. The molecule has 0 aromatic heterocycles. The number of aliphatic carboxylic acids is 1. The summed E-state index contributed by atoms with van der Waals surface area (Å²) in [6.07, 6.45) is 4.33. The molecule has 0 bridgehead atoms. The second kappa shape index (κ2) is 7.09. The zero-order valence-corrected chi connectivity index (χ0v) is 14.2. The van der Waals surface area contributed by atoms with Gasteiger partial charge in [-0.3, -0.25) is 19.3 Å². The van der Waals surface area contributed by atoms with Crippen molar-refractivity contribution in [2.75, 3.05) is 26.2 Å². The van der Waals surface area contributed by atoms with E-state index in [9.17, 15) is 14.4 Å². The third-order valence-electron chi connectivity index (χ3n) is 5.47. The van der Waals surface area contributed by atoms with Gasteiger partial charge in [0.1, 0.15) is 0 Å². The van der Waals surface area contributed by atoms with Gasteiger partial charge in [-0.1, -0.05) is 0 Å². The van der Waals surface area contributed by atoms with Crippen LogP contribution in [0.5, 0.6) is 0 Å². The molecule has 134 valence electrons. The van der Waals surface area contributed by atoms with Crippen LogP contribution in [0, 0.1) is 11.8 Å². The number of hydrogen-bond acceptors (Lipinski definition) is 4. The van der Waals surface area contributed by atoms with Crippen molar-refractivity contribution in [3.63, 3.8) is 0 Å². The average Bonchev–Trinajstić information content (AvgIpc) is 3.21. The van der Waals surface area contributed by atoms with Gasteiger partial charge >= 0.3 is 5.97 Å². The van der Waals surface area contributed by atoms with E-state index in [1.54, 1.807) is 4.90 Å². The number of amides is 2. The summed E-state index contributed by atoms with van der Waals surface area (Å²) in [5.41, 5.74) is 0. The third-order valence-corrected chi connectivity index (χ3v) is 5.47. The summed E-state index contributed by atoms with van der Waals surface area (Å²) >= 11 is 0. The van der Waals surface area contributed by atoms with Gasteiger partial charge in [0.05, 0.1) is 12.5 Å².